The second kappa shape index (κ2) is 15.5. The number of likely N-dealkylation sites (N-methyl/N-ethyl adjacent to an activating group) is 1. The lowest BCUT2D eigenvalue weighted by atomic mass is 9.79. The molecule has 2 saturated heterocycles. The van der Waals surface area contributed by atoms with Gasteiger partial charge in [0.2, 0.25) is 5.91 Å². The third kappa shape index (κ3) is 14.8. The van der Waals surface area contributed by atoms with Gasteiger partial charge in [0, 0.05) is 58.1 Å². The molecule has 0 unspecified atom stereocenters. The number of carboxylic acids is 3. The number of carboxylic acid groups (broad SMARTS) is 3. The first-order chi connectivity index (χ1) is 18.9. The fourth-order valence-corrected chi connectivity index (χ4v) is 3.52. The van der Waals surface area contributed by atoms with E-state index in [2.05, 4.69) is 20.9 Å². The second-order valence-corrected chi connectivity index (χ2v) is 9.16. The van der Waals surface area contributed by atoms with Crippen LogP contribution in [0.1, 0.15) is 12.0 Å². The number of carbonyl (C=O) groups is 4. The van der Waals surface area contributed by atoms with Gasteiger partial charge < -0.3 is 20.2 Å². The molecule has 3 N–H and O–H groups in total. The van der Waals surface area contributed by atoms with E-state index in [0.29, 0.717) is 12.0 Å². The van der Waals surface area contributed by atoms with Gasteiger partial charge in [-0.05, 0) is 24.6 Å². The molecule has 1 aromatic rings. The highest BCUT2D eigenvalue weighted by Gasteiger charge is 2.47. The summed E-state index contributed by atoms with van der Waals surface area (Å²) < 4.78 is 95.2. The molecule has 0 radical (unpaired) electrons. The molecule has 3 heterocycles. The lowest BCUT2D eigenvalue weighted by Gasteiger charge is -2.48. The first-order valence-electron chi connectivity index (χ1n) is 11.3. The summed E-state index contributed by atoms with van der Waals surface area (Å²) in [5.74, 6) is -8.06. The van der Waals surface area contributed by atoms with E-state index in [0.717, 1.165) is 32.7 Å². The number of nitrogens with zero attached hydrogens (tertiary/aromatic N) is 4. The van der Waals surface area contributed by atoms with E-state index in [1.54, 1.807) is 4.90 Å². The Morgan fingerprint density at radius 1 is 0.833 bits per heavy atom. The third-order valence-electron chi connectivity index (χ3n) is 5.35. The molecule has 0 aliphatic carbocycles. The van der Waals surface area contributed by atoms with Crippen molar-refractivity contribution in [3.05, 3.63) is 30.1 Å². The van der Waals surface area contributed by atoms with Gasteiger partial charge in [-0.25, -0.2) is 14.4 Å². The summed E-state index contributed by atoms with van der Waals surface area (Å²) in [5, 5.41) is 21.4. The van der Waals surface area contributed by atoms with E-state index < -0.39 is 36.4 Å². The van der Waals surface area contributed by atoms with Crippen LogP contribution in [-0.2, 0) is 25.7 Å². The van der Waals surface area contributed by atoms with Gasteiger partial charge in [-0.15, -0.1) is 0 Å². The van der Waals surface area contributed by atoms with E-state index >= 15 is 0 Å². The Bertz CT molecular complexity index is 986. The van der Waals surface area contributed by atoms with Crippen molar-refractivity contribution in [1.82, 2.24) is 19.7 Å². The lowest BCUT2D eigenvalue weighted by molar-refractivity contribution is -0.193. The Morgan fingerprint density at radius 2 is 1.24 bits per heavy atom. The van der Waals surface area contributed by atoms with Crippen molar-refractivity contribution >= 4 is 23.8 Å². The van der Waals surface area contributed by atoms with E-state index in [4.69, 9.17) is 29.7 Å². The number of hydrogen-bond acceptors (Lipinski definition) is 7. The molecule has 3 rings (SSSR count). The fourth-order valence-electron chi connectivity index (χ4n) is 3.52. The topological polar surface area (TPSA) is 152 Å². The molecule has 20 heteroatoms. The highest BCUT2D eigenvalue weighted by Crippen LogP contribution is 2.40. The Kier molecular flexibility index (Phi) is 14.2. The van der Waals surface area contributed by atoms with Crippen LogP contribution in [0, 0.1) is 5.41 Å². The van der Waals surface area contributed by atoms with Crippen LogP contribution in [0.2, 0.25) is 0 Å². The molecule has 240 valence electrons. The zero-order valence-corrected chi connectivity index (χ0v) is 21.9. The van der Waals surface area contributed by atoms with Crippen LogP contribution in [0.4, 0.5) is 39.5 Å². The largest absolute Gasteiger partial charge is 0.490 e. The highest BCUT2D eigenvalue weighted by atomic mass is 19.4. The molecule has 0 aromatic carbocycles. The van der Waals surface area contributed by atoms with E-state index in [9.17, 15) is 44.3 Å². The highest BCUT2D eigenvalue weighted by molar-refractivity contribution is 5.77. The van der Waals surface area contributed by atoms with Gasteiger partial charge in [0.1, 0.15) is 0 Å². The molecular formula is C22H27F9N4O7. The van der Waals surface area contributed by atoms with Gasteiger partial charge in [0.05, 0.1) is 6.54 Å². The van der Waals surface area contributed by atoms with Crippen LogP contribution < -0.4 is 0 Å². The van der Waals surface area contributed by atoms with E-state index in [1.165, 1.54) is 12.0 Å². The normalized spacial score (nSPS) is 16.4. The maximum Gasteiger partial charge on any atom is 0.490 e. The van der Waals surface area contributed by atoms with Gasteiger partial charge >= 0.3 is 36.4 Å². The van der Waals surface area contributed by atoms with Crippen molar-refractivity contribution in [3.8, 4) is 0 Å². The Balaban J connectivity index is 0.000000660. The van der Waals surface area contributed by atoms with Crippen molar-refractivity contribution < 1.29 is 74.0 Å². The molecule has 42 heavy (non-hydrogen) atoms. The molecule has 1 aromatic heterocycles. The van der Waals surface area contributed by atoms with Gasteiger partial charge in [0.25, 0.3) is 0 Å². The first kappa shape index (κ1) is 38.3. The number of aromatic nitrogens is 1. The zero-order valence-electron chi connectivity index (χ0n) is 21.9. The Hall–Kier alpha value is -3.68. The van der Waals surface area contributed by atoms with Crippen molar-refractivity contribution in [2.45, 2.75) is 31.5 Å². The Morgan fingerprint density at radius 3 is 1.57 bits per heavy atom. The standard InChI is InChI=1S/C16H24N4O.3C2HF3O2/c1-18(2)15(21)10-19-7-5-16(11-19)12-20(13-16)9-14-4-3-6-17-8-14;3*3-2(4,5)1(6)7/h3-4,6,8H,5,7,9-13H2,1-2H3;3*(H,6,7). The predicted molar refractivity (Wildman–Crippen MR) is 123 cm³/mol. The fraction of sp³-hybridized carbons (Fsp3) is 0.591. The number of aliphatic carboxylic acids is 3. The maximum absolute atomic E-state index is 11.8. The average Bonchev–Trinajstić information content (AvgIpc) is 3.22. The number of carbonyl (C=O) groups excluding carboxylic acids is 1. The van der Waals surface area contributed by atoms with Gasteiger partial charge in [0.15, 0.2) is 0 Å². The van der Waals surface area contributed by atoms with Crippen LogP contribution in [-0.4, -0.2) is 124 Å². The monoisotopic (exact) mass is 630 g/mol. The number of amides is 1. The van der Waals surface area contributed by atoms with Crippen LogP contribution in [0.3, 0.4) is 0 Å². The van der Waals surface area contributed by atoms with Gasteiger partial charge in [-0.1, -0.05) is 6.07 Å². The molecule has 2 aliphatic rings. The number of hydrogen-bond donors (Lipinski definition) is 3. The summed E-state index contributed by atoms with van der Waals surface area (Å²) in [6.45, 7) is 5.98. The molecule has 2 fully saturated rings. The quantitative estimate of drug-likeness (QED) is 0.424. The molecule has 0 saturated carbocycles. The summed E-state index contributed by atoms with van der Waals surface area (Å²) in [6, 6.07) is 4.13. The minimum atomic E-state index is -5.08. The summed E-state index contributed by atoms with van der Waals surface area (Å²) in [4.78, 5) is 49.1. The third-order valence-corrected chi connectivity index (χ3v) is 5.35. The summed E-state index contributed by atoms with van der Waals surface area (Å²) in [7, 11) is 3.65. The first-order valence-corrected chi connectivity index (χ1v) is 11.3. The van der Waals surface area contributed by atoms with Gasteiger partial charge in [-0.3, -0.25) is 19.6 Å². The zero-order chi connectivity index (χ0) is 33.1. The van der Waals surface area contributed by atoms with Crippen molar-refractivity contribution in [1.29, 1.82) is 0 Å². The molecule has 0 bridgehead atoms. The minimum absolute atomic E-state index is 0.207. The number of likely N-dealkylation sites (tertiary alicyclic amines) is 2. The van der Waals surface area contributed by atoms with Crippen LogP contribution >= 0.6 is 0 Å². The number of pyridine rings is 1. The van der Waals surface area contributed by atoms with Crippen LogP contribution in [0.5, 0.6) is 0 Å². The van der Waals surface area contributed by atoms with Crippen molar-refractivity contribution in [2.75, 3.05) is 46.8 Å². The van der Waals surface area contributed by atoms with Crippen molar-refractivity contribution in [2.24, 2.45) is 5.41 Å². The van der Waals surface area contributed by atoms with Crippen molar-refractivity contribution in [3.63, 3.8) is 0 Å². The number of rotatable bonds is 4. The molecular weight excluding hydrogens is 603 g/mol. The van der Waals surface area contributed by atoms with E-state index in [-0.39, 0.29) is 5.91 Å². The summed E-state index contributed by atoms with van der Waals surface area (Å²) >= 11 is 0. The molecule has 1 spiro atoms. The smallest absolute Gasteiger partial charge is 0.475 e. The Labute approximate surface area is 232 Å². The van der Waals surface area contributed by atoms with Crippen LogP contribution in [0.15, 0.2) is 24.5 Å². The molecule has 11 nitrogen and oxygen atoms in total. The average molecular weight is 630 g/mol. The summed E-state index contributed by atoms with van der Waals surface area (Å²) in [5.41, 5.74) is 1.71. The molecule has 1 amide bonds. The van der Waals surface area contributed by atoms with E-state index in [1.807, 2.05) is 32.6 Å². The molecule has 0 atom stereocenters. The van der Waals surface area contributed by atoms with Crippen LogP contribution in [0.25, 0.3) is 0 Å². The predicted octanol–water partition coefficient (Wildman–Crippen LogP) is 2.58. The van der Waals surface area contributed by atoms with Gasteiger partial charge in [-0.2, -0.15) is 39.5 Å². The maximum atomic E-state index is 11.8. The number of halogens is 9. The SMILES string of the molecule is CN(C)C(=O)CN1CCC2(C1)CN(Cc1cccnc1)C2.O=C(O)C(F)(F)F.O=C(O)C(F)(F)F.O=C(O)C(F)(F)F. The number of alkyl halides is 9. The second-order valence-electron chi connectivity index (χ2n) is 9.16. The minimum Gasteiger partial charge on any atom is -0.475 e. The molecule has 2 aliphatic heterocycles. The lowest BCUT2D eigenvalue weighted by Crippen LogP contribution is -2.57. The summed E-state index contributed by atoms with van der Waals surface area (Å²) in [6.07, 6.45) is -10.3.